The van der Waals surface area contributed by atoms with Crippen molar-refractivity contribution < 1.29 is 10.2 Å². The van der Waals surface area contributed by atoms with Crippen molar-refractivity contribution in [3.05, 3.63) is 0 Å². The van der Waals surface area contributed by atoms with E-state index in [2.05, 4.69) is 35.6 Å². The fourth-order valence-electron chi connectivity index (χ4n) is 0.517. The summed E-state index contributed by atoms with van der Waals surface area (Å²) in [5, 5.41) is 17.3. The number of hydrazine groups is 1. The second-order valence-electron chi connectivity index (χ2n) is 1.93. The molecule has 0 aromatic heterocycles. The van der Waals surface area contributed by atoms with Gasteiger partial charge in [-0.25, -0.2) is 5.01 Å². The van der Waals surface area contributed by atoms with Gasteiger partial charge in [0.15, 0.2) is 0 Å². The van der Waals surface area contributed by atoms with E-state index in [-0.39, 0.29) is 56.6 Å². The Morgan fingerprint density at radius 2 is 1.57 bits per heavy atom. The molecule has 0 heterocycles. The van der Waals surface area contributed by atoms with Crippen molar-refractivity contribution in [3.63, 3.8) is 0 Å². The van der Waals surface area contributed by atoms with Gasteiger partial charge in [-0.3, -0.25) is 5.43 Å². The first kappa shape index (κ1) is 20.4. The van der Waals surface area contributed by atoms with Crippen LogP contribution in [0.25, 0.3) is 0 Å². The third-order valence-corrected chi connectivity index (χ3v) is 1.11. The first-order valence-corrected chi connectivity index (χ1v) is 4.48. The number of nitrogens with zero attached hydrogens (tertiary/aromatic N) is 1. The van der Waals surface area contributed by atoms with Gasteiger partial charge in [-0.1, -0.05) is 13.8 Å². The van der Waals surface area contributed by atoms with E-state index in [4.69, 9.17) is 10.2 Å². The molecule has 0 aliphatic rings. The Hall–Kier alpha value is 0.976. The van der Waals surface area contributed by atoms with E-state index in [0.717, 1.165) is 13.1 Å². The zero-order chi connectivity index (χ0) is 10.9. The van der Waals surface area contributed by atoms with Gasteiger partial charge >= 0.3 is 51.4 Å². The van der Waals surface area contributed by atoms with Crippen molar-refractivity contribution >= 4 is 86.2 Å². The number of aliphatic hydroxyl groups is 2. The van der Waals surface area contributed by atoms with Gasteiger partial charge in [0.1, 0.15) is 0 Å². The van der Waals surface area contributed by atoms with Crippen LogP contribution in [0.3, 0.4) is 0 Å². The first-order valence-electron chi connectivity index (χ1n) is 3.66. The Morgan fingerprint density at radius 3 is 1.64 bits per heavy atom. The molecule has 0 aliphatic heterocycles. The van der Waals surface area contributed by atoms with Crippen molar-refractivity contribution in [1.82, 2.24) is 10.4 Å². The van der Waals surface area contributed by atoms with E-state index >= 15 is 0 Å². The molecule has 14 heavy (non-hydrogen) atoms. The molecular weight excluding hydrogens is 249 g/mol. The summed E-state index contributed by atoms with van der Waals surface area (Å²) in [6.07, 6.45) is 0. The van der Waals surface area contributed by atoms with E-state index in [1.165, 1.54) is 0 Å². The monoisotopic (exact) mass is 265 g/mol. The minimum atomic E-state index is -0.500. The Balaban J connectivity index is -0.000000209. The molecule has 0 spiro atoms. The van der Waals surface area contributed by atoms with Gasteiger partial charge in [0.2, 0.25) is 0 Å². The van der Waals surface area contributed by atoms with Gasteiger partial charge in [-0.15, -0.1) is 0 Å². The van der Waals surface area contributed by atoms with Crippen LogP contribution in [0.1, 0.15) is 13.8 Å². The quantitative estimate of drug-likeness (QED) is 0.320. The SMILES string of the molecule is CCN(CC)NC(O)=S.NC(O)=S.[KH]. The molecule has 0 aromatic carbocycles. The van der Waals surface area contributed by atoms with Crippen LogP contribution in [0.5, 0.6) is 0 Å². The van der Waals surface area contributed by atoms with Gasteiger partial charge in [-0.2, -0.15) is 0 Å². The minimum absolute atomic E-state index is 0. The topological polar surface area (TPSA) is 81.8 Å². The van der Waals surface area contributed by atoms with Gasteiger partial charge in [0, 0.05) is 13.1 Å². The Labute approximate surface area is 137 Å². The van der Waals surface area contributed by atoms with Crippen LogP contribution in [0, 0.1) is 0 Å². The predicted octanol–water partition coefficient (Wildman–Crippen LogP) is -0.185. The molecule has 80 valence electrons. The molecule has 0 fully saturated rings. The van der Waals surface area contributed by atoms with E-state index in [9.17, 15) is 0 Å². The molecule has 0 bridgehead atoms. The van der Waals surface area contributed by atoms with Crippen molar-refractivity contribution in [3.8, 4) is 0 Å². The summed E-state index contributed by atoms with van der Waals surface area (Å²) in [6, 6.07) is 0. The maximum absolute atomic E-state index is 8.56. The molecule has 0 saturated heterocycles. The summed E-state index contributed by atoms with van der Waals surface area (Å²) < 4.78 is 0. The van der Waals surface area contributed by atoms with Crippen LogP contribution in [0.2, 0.25) is 0 Å². The molecule has 0 amide bonds. The molecule has 0 saturated carbocycles. The van der Waals surface area contributed by atoms with Crippen molar-refractivity contribution in [2.24, 2.45) is 5.73 Å². The van der Waals surface area contributed by atoms with Gasteiger partial charge < -0.3 is 15.9 Å². The number of nitrogens with one attached hydrogen (secondary N) is 1. The summed E-state index contributed by atoms with van der Waals surface area (Å²) in [5.74, 6) is 0. The van der Waals surface area contributed by atoms with Crippen LogP contribution < -0.4 is 11.2 Å². The molecule has 0 aromatic rings. The average molecular weight is 265 g/mol. The first-order chi connectivity index (χ1) is 5.93. The maximum atomic E-state index is 8.56. The van der Waals surface area contributed by atoms with Crippen LogP contribution >= 0.6 is 24.4 Å². The van der Waals surface area contributed by atoms with E-state index < -0.39 is 5.17 Å². The number of rotatable bonds is 3. The van der Waals surface area contributed by atoms with Gasteiger partial charge in [-0.05, 0) is 24.4 Å². The summed E-state index contributed by atoms with van der Waals surface area (Å²) >= 11 is 8.28. The Bertz CT molecular complexity index is 163. The zero-order valence-corrected chi connectivity index (χ0v) is 9.28. The van der Waals surface area contributed by atoms with Crippen molar-refractivity contribution in [1.29, 1.82) is 0 Å². The molecule has 5 N–H and O–H groups in total. The fraction of sp³-hybridized carbons (Fsp3) is 0.667. The number of hydrogen-bond donors (Lipinski definition) is 4. The Morgan fingerprint density at radius 1 is 1.29 bits per heavy atom. The average Bonchev–Trinajstić information content (AvgIpc) is 1.98. The summed E-state index contributed by atoms with van der Waals surface area (Å²) in [6.45, 7) is 5.62. The predicted molar refractivity (Wildman–Crippen MR) is 67.8 cm³/mol. The Kier molecular flexibility index (Phi) is 20.4. The van der Waals surface area contributed by atoms with E-state index in [1.54, 1.807) is 0 Å². The van der Waals surface area contributed by atoms with Crippen LogP contribution in [-0.2, 0) is 0 Å². The number of hydrogen-bond acceptors (Lipinski definition) is 3. The molecule has 0 unspecified atom stereocenters. The zero-order valence-electron chi connectivity index (χ0n) is 7.65. The van der Waals surface area contributed by atoms with Crippen molar-refractivity contribution in [2.75, 3.05) is 13.1 Å². The van der Waals surface area contributed by atoms with Crippen LogP contribution in [0.15, 0.2) is 0 Å². The normalized spacial score (nSPS) is 7.93. The number of nitrogens with two attached hydrogens (primary N) is 1. The second-order valence-corrected chi connectivity index (χ2v) is 2.73. The molecule has 5 nitrogen and oxygen atoms in total. The van der Waals surface area contributed by atoms with E-state index in [1.807, 2.05) is 18.9 Å². The molecule has 0 rings (SSSR count). The van der Waals surface area contributed by atoms with E-state index in [0.29, 0.717) is 0 Å². The third kappa shape index (κ3) is 23.1. The second kappa shape index (κ2) is 14.0. The van der Waals surface area contributed by atoms with Crippen LogP contribution in [0.4, 0.5) is 0 Å². The van der Waals surface area contributed by atoms with Crippen LogP contribution in [-0.4, -0.2) is 90.0 Å². The summed E-state index contributed by atoms with van der Waals surface area (Å²) in [7, 11) is 0. The molecular formula is C6H16KN3O2S2. The number of thiocarbonyl (C=S) groups is 2. The third-order valence-electron chi connectivity index (χ3n) is 1.02. The standard InChI is InChI=1S/C5H12N2OS.CH3NOS.K.H/c1-3-7(4-2)6-5(8)9;2-1(3)4;;/h3-4H2,1-2H3,(H2,6,8,9);(H3,2,3,4);;. The van der Waals surface area contributed by atoms with Crippen molar-refractivity contribution in [2.45, 2.75) is 13.8 Å². The fourth-order valence-corrected chi connectivity index (χ4v) is 0.646. The molecule has 0 aliphatic carbocycles. The van der Waals surface area contributed by atoms with Gasteiger partial charge in [0.25, 0.3) is 10.3 Å². The molecule has 0 atom stereocenters. The number of aliphatic hydroxyl groups excluding tert-OH is 2. The summed E-state index contributed by atoms with van der Waals surface area (Å²) in [4.78, 5) is 0. The molecule has 8 heteroatoms. The molecule has 0 radical (unpaired) electrons. The summed E-state index contributed by atoms with van der Waals surface area (Å²) in [5.41, 5.74) is 7.00. The van der Waals surface area contributed by atoms with Gasteiger partial charge in [0.05, 0.1) is 0 Å².